The molecule has 20 heavy (non-hydrogen) atoms. The number of nitrogens with zero attached hydrogens (tertiary/aromatic N) is 1. The van der Waals surface area contributed by atoms with Gasteiger partial charge in [0.1, 0.15) is 5.75 Å². The van der Waals surface area contributed by atoms with E-state index in [0.29, 0.717) is 6.54 Å². The molecule has 0 spiro atoms. The van der Waals surface area contributed by atoms with Crippen LogP contribution in [0, 0.1) is 11.8 Å². The van der Waals surface area contributed by atoms with Crippen molar-refractivity contribution in [2.45, 2.75) is 0 Å². The third-order valence-electron chi connectivity index (χ3n) is 4.21. The molecule has 5 heteroatoms. The smallest absolute Gasteiger partial charge is 0.238 e. The van der Waals surface area contributed by atoms with E-state index in [-0.39, 0.29) is 5.91 Å². The predicted molar refractivity (Wildman–Crippen MR) is 77.9 cm³/mol. The maximum absolute atomic E-state index is 12.0. The van der Waals surface area contributed by atoms with Gasteiger partial charge in [0.15, 0.2) is 0 Å². The van der Waals surface area contributed by atoms with Crippen molar-refractivity contribution in [1.82, 2.24) is 10.2 Å². The Morgan fingerprint density at radius 2 is 1.95 bits per heavy atom. The zero-order valence-electron chi connectivity index (χ0n) is 11.8. The van der Waals surface area contributed by atoms with Gasteiger partial charge in [0.05, 0.1) is 13.7 Å². The summed E-state index contributed by atoms with van der Waals surface area (Å²) in [6.07, 6.45) is 0. The van der Waals surface area contributed by atoms with Crippen LogP contribution in [-0.2, 0) is 4.79 Å². The molecular formula is C15H21N3O2. The lowest BCUT2D eigenvalue weighted by Crippen LogP contribution is -2.33. The van der Waals surface area contributed by atoms with Gasteiger partial charge >= 0.3 is 0 Å². The normalized spacial score (nSPS) is 25.4. The number of nitrogens with one attached hydrogen (secondary N) is 2. The first-order valence-corrected chi connectivity index (χ1v) is 7.11. The summed E-state index contributed by atoms with van der Waals surface area (Å²) < 4.78 is 5.10. The van der Waals surface area contributed by atoms with Crippen LogP contribution in [0.3, 0.4) is 0 Å². The van der Waals surface area contributed by atoms with E-state index in [1.54, 1.807) is 7.11 Å². The van der Waals surface area contributed by atoms with Gasteiger partial charge in [-0.25, -0.2) is 0 Å². The number of rotatable bonds is 4. The average Bonchev–Trinajstić information content (AvgIpc) is 3.00. The van der Waals surface area contributed by atoms with Crippen molar-refractivity contribution in [1.29, 1.82) is 0 Å². The SMILES string of the molecule is COc1ccc(NC(=O)CN2CC3CNCC3C2)cc1. The van der Waals surface area contributed by atoms with E-state index in [4.69, 9.17) is 4.74 Å². The molecule has 0 aromatic heterocycles. The largest absolute Gasteiger partial charge is 0.497 e. The van der Waals surface area contributed by atoms with Gasteiger partial charge in [0.2, 0.25) is 5.91 Å². The molecule has 0 radical (unpaired) electrons. The van der Waals surface area contributed by atoms with Crippen molar-refractivity contribution in [3.8, 4) is 5.75 Å². The number of likely N-dealkylation sites (tertiary alicyclic amines) is 1. The highest BCUT2D eigenvalue weighted by Gasteiger charge is 2.36. The Kier molecular flexibility index (Phi) is 3.89. The van der Waals surface area contributed by atoms with Crippen molar-refractivity contribution in [2.75, 3.05) is 45.2 Å². The number of anilines is 1. The quantitative estimate of drug-likeness (QED) is 0.853. The third kappa shape index (κ3) is 2.94. The first-order chi connectivity index (χ1) is 9.74. The van der Waals surface area contributed by atoms with Crippen LogP contribution >= 0.6 is 0 Å². The Hall–Kier alpha value is -1.59. The summed E-state index contributed by atoms with van der Waals surface area (Å²) in [5.41, 5.74) is 0.817. The number of hydrogen-bond acceptors (Lipinski definition) is 4. The number of carbonyl (C=O) groups excluding carboxylic acids is 1. The van der Waals surface area contributed by atoms with Crippen molar-refractivity contribution in [3.63, 3.8) is 0 Å². The molecule has 0 aliphatic carbocycles. The summed E-state index contributed by atoms with van der Waals surface area (Å²) in [7, 11) is 1.63. The van der Waals surface area contributed by atoms with Crippen molar-refractivity contribution in [3.05, 3.63) is 24.3 Å². The van der Waals surface area contributed by atoms with Gasteiger partial charge in [-0.2, -0.15) is 0 Å². The van der Waals surface area contributed by atoms with Crippen LogP contribution in [0.2, 0.25) is 0 Å². The molecule has 2 unspecified atom stereocenters. The molecule has 2 atom stereocenters. The Labute approximate surface area is 119 Å². The molecule has 2 fully saturated rings. The first-order valence-electron chi connectivity index (χ1n) is 7.11. The van der Waals surface area contributed by atoms with E-state index in [1.165, 1.54) is 0 Å². The van der Waals surface area contributed by atoms with Crippen LogP contribution in [0.5, 0.6) is 5.75 Å². The van der Waals surface area contributed by atoms with Crippen molar-refractivity contribution in [2.24, 2.45) is 11.8 Å². The summed E-state index contributed by atoms with van der Waals surface area (Å²) in [5, 5.41) is 6.34. The fraction of sp³-hybridized carbons (Fsp3) is 0.533. The Morgan fingerprint density at radius 3 is 2.55 bits per heavy atom. The maximum Gasteiger partial charge on any atom is 0.238 e. The van der Waals surface area contributed by atoms with Crippen LogP contribution in [0.25, 0.3) is 0 Å². The molecule has 1 aromatic rings. The lowest BCUT2D eigenvalue weighted by atomic mass is 10.0. The molecule has 108 valence electrons. The minimum absolute atomic E-state index is 0.0584. The van der Waals surface area contributed by atoms with Crippen LogP contribution in [0.1, 0.15) is 0 Å². The van der Waals surface area contributed by atoms with Gasteiger partial charge in [-0.05, 0) is 49.2 Å². The monoisotopic (exact) mass is 275 g/mol. The van der Waals surface area contributed by atoms with Gasteiger partial charge in [-0.15, -0.1) is 0 Å². The van der Waals surface area contributed by atoms with Gasteiger partial charge in [0, 0.05) is 18.8 Å². The summed E-state index contributed by atoms with van der Waals surface area (Å²) in [4.78, 5) is 14.3. The number of amides is 1. The van der Waals surface area contributed by atoms with Gasteiger partial charge in [-0.1, -0.05) is 0 Å². The Balaban J connectivity index is 1.49. The molecule has 0 saturated carbocycles. The second kappa shape index (κ2) is 5.81. The first kappa shape index (κ1) is 13.4. The summed E-state index contributed by atoms with van der Waals surface area (Å²) in [5.74, 6) is 2.30. The zero-order valence-corrected chi connectivity index (χ0v) is 11.8. The Bertz CT molecular complexity index is 463. The predicted octanol–water partition coefficient (Wildman–Crippen LogP) is 0.785. The average molecular weight is 275 g/mol. The fourth-order valence-electron chi connectivity index (χ4n) is 3.16. The highest BCUT2D eigenvalue weighted by Crippen LogP contribution is 2.25. The maximum atomic E-state index is 12.0. The fourth-order valence-corrected chi connectivity index (χ4v) is 3.16. The summed E-state index contributed by atoms with van der Waals surface area (Å²) >= 11 is 0. The molecular weight excluding hydrogens is 254 g/mol. The van der Waals surface area contributed by atoms with Crippen LogP contribution in [0.15, 0.2) is 24.3 Å². The number of hydrogen-bond donors (Lipinski definition) is 2. The Morgan fingerprint density at radius 1 is 1.30 bits per heavy atom. The van der Waals surface area contributed by atoms with Gasteiger partial charge in [0.25, 0.3) is 0 Å². The molecule has 0 bridgehead atoms. The molecule has 1 aromatic carbocycles. The molecule has 2 heterocycles. The summed E-state index contributed by atoms with van der Waals surface area (Å²) in [6, 6.07) is 7.42. The standard InChI is InChI=1S/C15H21N3O2/c1-20-14-4-2-13(3-5-14)17-15(19)10-18-8-11-6-16-7-12(11)9-18/h2-5,11-12,16H,6-10H2,1H3,(H,17,19). The molecule has 2 aliphatic rings. The second-order valence-corrected chi connectivity index (χ2v) is 5.65. The molecule has 2 saturated heterocycles. The van der Waals surface area contributed by atoms with Gasteiger partial charge in [-0.3, -0.25) is 9.69 Å². The minimum Gasteiger partial charge on any atom is -0.497 e. The molecule has 3 rings (SSSR count). The lowest BCUT2D eigenvalue weighted by Gasteiger charge is -2.16. The highest BCUT2D eigenvalue weighted by molar-refractivity contribution is 5.92. The molecule has 5 nitrogen and oxygen atoms in total. The number of fused-ring (bicyclic) bond motifs is 1. The third-order valence-corrected chi connectivity index (χ3v) is 4.21. The zero-order chi connectivity index (χ0) is 13.9. The van der Waals surface area contributed by atoms with E-state index in [2.05, 4.69) is 15.5 Å². The van der Waals surface area contributed by atoms with Crippen molar-refractivity contribution >= 4 is 11.6 Å². The molecule has 2 N–H and O–H groups in total. The summed E-state index contributed by atoms with van der Waals surface area (Å²) in [6.45, 7) is 4.75. The van der Waals surface area contributed by atoms with Crippen LogP contribution in [0.4, 0.5) is 5.69 Å². The van der Waals surface area contributed by atoms with E-state index in [1.807, 2.05) is 24.3 Å². The second-order valence-electron chi connectivity index (χ2n) is 5.65. The number of methoxy groups -OCH3 is 1. The van der Waals surface area contributed by atoms with Crippen LogP contribution < -0.4 is 15.4 Å². The number of benzene rings is 1. The molecule has 1 amide bonds. The number of carbonyl (C=O) groups is 1. The van der Waals surface area contributed by atoms with E-state index in [0.717, 1.165) is 49.5 Å². The van der Waals surface area contributed by atoms with E-state index < -0.39 is 0 Å². The lowest BCUT2D eigenvalue weighted by molar-refractivity contribution is -0.117. The highest BCUT2D eigenvalue weighted by atomic mass is 16.5. The van der Waals surface area contributed by atoms with E-state index in [9.17, 15) is 4.79 Å². The topological polar surface area (TPSA) is 53.6 Å². The minimum atomic E-state index is 0.0584. The number of ether oxygens (including phenoxy) is 1. The molecule has 2 aliphatic heterocycles. The van der Waals surface area contributed by atoms with Gasteiger partial charge < -0.3 is 15.4 Å². The van der Waals surface area contributed by atoms with Crippen LogP contribution in [-0.4, -0.2) is 50.6 Å². The van der Waals surface area contributed by atoms with E-state index >= 15 is 0 Å². The van der Waals surface area contributed by atoms with Crippen molar-refractivity contribution < 1.29 is 9.53 Å².